The molecular weight excluding hydrogens is 310 g/mol. The first-order chi connectivity index (χ1) is 9.81. The van der Waals surface area contributed by atoms with Crippen molar-refractivity contribution in [1.82, 2.24) is 5.32 Å². The van der Waals surface area contributed by atoms with Crippen molar-refractivity contribution < 1.29 is 0 Å². The topological polar surface area (TPSA) is 12.0 Å². The molecule has 1 saturated carbocycles. The van der Waals surface area contributed by atoms with E-state index in [1.54, 1.807) is 0 Å². The Balaban J connectivity index is 1.53. The second-order valence-corrected chi connectivity index (χ2v) is 6.96. The number of hydrogen-bond donors (Lipinski definition) is 1. The quantitative estimate of drug-likeness (QED) is 0.574. The van der Waals surface area contributed by atoms with Crippen LogP contribution in [0.25, 0.3) is 0 Å². The average Bonchev–Trinajstić information content (AvgIpc) is 2.41. The van der Waals surface area contributed by atoms with Crippen molar-refractivity contribution in [3.05, 3.63) is 34.3 Å². The highest BCUT2D eigenvalue weighted by molar-refractivity contribution is 9.10. The molecule has 1 nitrogen and oxygen atoms in total. The molecule has 112 valence electrons. The summed E-state index contributed by atoms with van der Waals surface area (Å²) in [6.07, 6.45) is 10.9. The van der Waals surface area contributed by atoms with E-state index in [1.807, 2.05) is 0 Å². The van der Waals surface area contributed by atoms with Crippen molar-refractivity contribution in [2.24, 2.45) is 0 Å². The van der Waals surface area contributed by atoms with Crippen LogP contribution in [0.4, 0.5) is 0 Å². The number of halogens is 1. The predicted molar refractivity (Wildman–Crippen MR) is 91.3 cm³/mol. The van der Waals surface area contributed by atoms with Gasteiger partial charge in [-0.3, -0.25) is 0 Å². The molecule has 0 atom stereocenters. The molecule has 0 heterocycles. The summed E-state index contributed by atoms with van der Waals surface area (Å²) in [5.74, 6) is 0.757. The van der Waals surface area contributed by atoms with E-state index in [0.29, 0.717) is 0 Å². The van der Waals surface area contributed by atoms with Gasteiger partial charge in [0.1, 0.15) is 0 Å². The van der Waals surface area contributed by atoms with Gasteiger partial charge in [0.15, 0.2) is 0 Å². The van der Waals surface area contributed by atoms with E-state index >= 15 is 0 Å². The van der Waals surface area contributed by atoms with Gasteiger partial charge >= 0.3 is 0 Å². The molecule has 2 heteroatoms. The van der Waals surface area contributed by atoms with E-state index < -0.39 is 0 Å². The van der Waals surface area contributed by atoms with Gasteiger partial charge in [0.25, 0.3) is 0 Å². The summed E-state index contributed by atoms with van der Waals surface area (Å²) in [4.78, 5) is 0. The zero-order valence-electron chi connectivity index (χ0n) is 12.7. The van der Waals surface area contributed by atoms with Gasteiger partial charge in [-0.2, -0.15) is 0 Å². The van der Waals surface area contributed by atoms with Crippen molar-refractivity contribution in [2.45, 2.75) is 70.3 Å². The van der Waals surface area contributed by atoms with Gasteiger partial charge in [0.05, 0.1) is 0 Å². The van der Waals surface area contributed by atoms with Crippen molar-refractivity contribution in [3.63, 3.8) is 0 Å². The molecule has 1 fully saturated rings. The van der Waals surface area contributed by atoms with Crippen molar-refractivity contribution in [2.75, 3.05) is 6.54 Å². The molecule has 1 aromatic carbocycles. The van der Waals surface area contributed by atoms with E-state index in [-0.39, 0.29) is 0 Å². The van der Waals surface area contributed by atoms with Crippen molar-refractivity contribution in [1.29, 1.82) is 0 Å². The summed E-state index contributed by atoms with van der Waals surface area (Å²) in [5.41, 5.74) is 1.49. The van der Waals surface area contributed by atoms with Gasteiger partial charge in [0, 0.05) is 10.5 Å². The van der Waals surface area contributed by atoms with Gasteiger partial charge in [-0.25, -0.2) is 0 Å². The molecular formula is C18H28BrN. The Labute approximate surface area is 132 Å². The fourth-order valence-corrected chi connectivity index (χ4v) is 3.66. The van der Waals surface area contributed by atoms with Gasteiger partial charge in [-0.1, -0.05) is 73.2 Å². The molecule has 0 bridgehead atoms. The first kappa shape index (κ1) is 16.0. The second kappa shape index (κ2) is 8.84. The largest absolute Gasteiger partial charge is 0.314 e. The summed E-state index contributed by atoms with van der Waals surface area (Å²) < 4.78 is 1.28. The number of benzene rings is 1. The SMILES string of the molecule is CCCCCCCCNC1CC(c2ccccc2Br)C1. The molecule has 0 aliphatic heterocycles. The number of hydrogen-bond acceptors (Lipinski definition) is 1. The Morgan fingerprint density at radius 2 is 1.75 bits per heavy atom. The lowest BCUT2D eigenvalue weighted by molar-refractivity contribution is 0.289. The Morgan fingerprint density at radius 1 is 1.05 bits per heavy atom. The van der Waals surface area contributed by atoms with Gasteiger partial charge in [0.2, 0.25) is 0 Å². The van der Waals surface area contributed by atoms with E-state index in [1.165, 1.54) is 67.9 Å². The van der Waals surface area contributed by atoms with Crippen LogP contribution in [0.2, 0.25) is 0 Å². The number of rotatable bonds is 9. The number of nitrogens with one attached hydrogen (secondary N) is 1. The first-order valence-corrected chi connectivity index (χ1v) is 9.08. The summed E-state index contributed by atoms with van der Waals surface area (Å²) in [6, 6.07) is 9.42. The highest BCUT2D eigenvalue weighted by atomic mass is 79.9. The number of unbranched alkanes of at least 4 members (excludes halogenated alkanes) is 5. The van der Waals surface area contributed by atoms with E-state index in [2.05, 4.69) is 52.4 Å². The smallest absolute Gasteiger partial charge is 0.0210 e. The Hall–Kier alpha value is -0.340. The monoisotopic (exact) mass is 337 g/mol. The maximum absolute atomic E-state index is 3.71. The Bertz CT molecular complexity index is 385. The fourth-order valence-electron chi connectivity index (χ4n) is 3.06. The molecule has 0 amide bonds. The summed E-state index contributed by atoms with van der Waals surface area (Å²) >= 11 is 3.66. The highest BCUT2D eigenvalue weighted by Crippen LogP contribution is 2.39. The molecule has 0 radical (unpaired) electrons. The van der Waals surface area contributed by atoms with Gasteiger partial charge in [-0.05, 0) is 43.4 Å². The lowest BCUT2D eigenvalue weighted by atomic mass is 9.76. The minimum atomic E-state index is 0.753. The van der Waals surface area contributed by atoms with Crippen LogP contribution in [0.1, 0.15) is 69.8 Å². The molecule has 20 heavy (non-hydrogen) atoms. The molecule has 2 rings (SSSR count). The van der Waals surface area contributed by atoms with Crippen LogP contribution in [0.5, 0.6) is 0 Å². The lowest BCUT2D eigenvalue weighted by Crippen LogP contribution is -2.40. The summed E-state index contributed by atoms with van der Waals surface area (Å²) in [6.45, 7) is 3.49. The van der Waals surface area contributed by atoms with E-state index in [4.69, 9.17) is 0 Å². The third-order valence-corrected chi connectivity index (χ3v) is 5.17. The Kier molecular flexibility index (Phi) is 7.09. The second-order valence-electron chi connectivity index (χ2n) is 6.11. The van der Waals surface area contributed by atoms with Crippen LogP contribution in [0.15, 0.2) is 28.7 Å². The van der Waals surface area contributed by atoms with Crippen molar-refractivity contribution >= 4 is 15.9 Å². The zero-order chi connectivity index (χ0) is 14.2. The van der Waals surface area contributed by atoms with Crippen LogP contribution in [-0.2, 0) is 0 Å². The average molecular weight is 338 g/mol. The van der Waals surface area contributed by atoms with Crippen LogP contribution in [0, 0.1) is 0 Å². The summed E-state index contributed by atoms with van der Waals surface area (Å²) in [5, 5.41) is 3.71. The molecule has 1 aliphatic rings. The van der Waals surface area contributed by atoms with Crippen LogP contribution < -0.4 is 5.32 Å². The first-order valence-electron chi connectivity index (χ1n) is 8.29. The third kappa shape index (κ3) is 4.89. The zero-order valence-corrected chi connectivity index (χ0v) is 14.3. The molecule has 0 aromatic heterocycles. The maximum Gasteiger partial charge on any atom is 0.0210 e. The van der Waals surface area contributed by atoms with E-state index in [0.717, 1.165) is 12.0 Å². The molecule has 0 unspecified atom stereocenters. The van der Waals surface area contributed by atoms with Crippen LogP contribution in [0.3, 0.4) is 0 Å². The van der Waals surface area contributed by atoms with Crippen molar-refractivity contribution in [3.8, 4) is 0 Å². The van der Waals surface area contributed by atoms with Gasteiger partial charge in [-0.15, -0.1) is 0 Å². The molecule has 1 aliphatic carbocycles. The van der Waals surface area contributed by atoms with Crippen LogP contribution >= 0.6 is 15.9 Å². The molecule has 0 saturated heterocycles. The maximum atomic E-state index is 3.71. The predicted octanol–water partition coefficient (Wildman–Crippen LogP) is 5.65. The normalized spacial score (nSPS) is 21.7. The highest BCUT2D eigenvalue weighted by Gasteiger charge is 2.30. The Morgan fingerprint density at radius 3 is 2.50 bits per heavy atom. The van der Waals surface area contributed by atoms with Crippen LogP contribution in [-0.4, -0.2) is 12.6 Å². The standard InChI is InChI=1S/C18H28BrN/c1-2-3-4-5-6-9-12-20-16-13-15(14-16)17-10-7-8-11-18(17)19/h7-8,10-11,15-16,20H,2-6,9,12-14H2,1H3. The molecule has 1 aromatic rings. The minimum Gasteiger partial charge on any atom is -0.314 e. The fraction of sp³-hybridized carbons (Fsp3) is 0.667. The van der Waals surface area contributed by atoms with E-state index in [9.17, 15) is 0 Å². The molecule has 0 spiro atoms. The minimum absolute atomic E-state index is 0.753. The van der Waals surface area contributed by atoms with Gasteiger partial charge < -0.3 is 5.32 Å². The third-order valence-electron chi connectivity index (χ3n) is 4.45. The summed E-state index contributed by atoms with van der Waals surface area (Å²) in [7, 11) is 0. The lowest BCUT2D eigenvalue weighted by Gasteiger charge is -2.37. The molecule has 1 N–H and O–H groups in total.